The SMILES string of the molecule is CC1SCCN(CC(C(=N)N)C(F)(F)F)C1C. The molecule has 3 atom stereocenters. The molecule has 100 valence electrons. The van der Waals surface area contributed by atoms with Crippen molar-refractivity contribution in [2.75, 3.05) is 18.8 Å². The van der Waals surface area contributed by atoms with Crippen LogP contribution in [0.1, 0.15) is 13.8 Å². The van der Waals surface area contributed by atoms with Crippen molar-refractivity contribution in [1.29, 1.82) is 5.41 Å². The molecule has 3 N–H and O–H groups in total. The summed E-state index contributed by atoms with van der Waals surface area (Å²) in [4.78, 5) is 1.78. The predicted octanol–water partition coefficient (Wildman–Crippen LogP) is 1.93. The molecule has 1 heterocycles. The molecule has 7 heteroatoms. The molecule has 1 aliphatic heterocycles. The first-order valence-electron chi connectivity index (χ1n) is 5.49. The fourth-order valence-corrected chi connectivity index (χ4v) is 3.03. The van der Waals surface area contributed by atoms with Crippen LogP contribution in [-0.4, -0.2) is 47.0 Å². The molecule has 1 aliphatic rings. The molecule has 1 saturated heterocycles. The van der Waals surface area contributed by atoms with Gasteiger partial charge in [-0.2, -0.15) is 24.9 Å². The zero-order valence-corrected chi connectivity index (χ0v) is 10.7. The summed E-state index contributed by atoms with van der Waals surface area (Å²) in [6.07, 6.45) is -4.43. The van der Waals surface area contributed by atoms with Gasteiger partial charge in [0.15, 0.2) is 0 Å². The molecular weight excluding hydrogens is 251 g/mol. The van der Waals surface area contributed by atoms with Crippen molar-refractivity contribution in [3.63, 3.8) is 0 Å². The Labute approximate surface area is 103 Å². The lowest BCUT2D eigenvalue weighted by Crippen LogP contribution is -2.51. The molecule has 1 fully saturated rings. The van der Waals surface area contributed by atoms with Gasteiger partial charge in [-0.25, -0.2) is 0 Å². The number of halogens is 3. The van der Waals surface area contributed by atoms with E-state index in [0.717, 1.165) is 5.75 Å². The van der Waals surface area contributed by atoms with Crippen molar-refractivity contribution >= 4 is 17.6 Å². The van der Waals surface area contributed by atoms with Gasteiger partial charge in [-0.3, -0.25) is 10.3 Å². The number of alkyl halides is 3. The molecule has 0 saturated carbocycles. The van der Waals surface area contributed by atoms with E-state index in [9.17, 15) is 13.2 Å². The largest absolute Gasteiger partial charge is 0.399 e. The van der Waals surface area contributed by atoms with Crippen molar-refractivity contribution in [2.45, 2.75) is 31.3 Å². The van der Waals surface area contributed by atoms with E-state index in [1.54, 1.807) is 16.7 Å². The van der Waals surface area contributed by atoms with Crippen molar-refractivity contribution in [3.8, 4) is 0 Å². The second-order valence-electron chi connectivity index (χ2n) is 4.36. The Bertz CT molecular complexity index is 282. The second kappa shape index (κ2) is 5.48. The number of nitrogens with two attached hydrogens (primary N) is 1. The van der Waals surface area contributed by atoms with Crippen LogP contribution < -0.4 is 5.73 Å². The number of hydrogen-bond donors (Lipinski definition) is 2. The van der Waals surface area contributed by atoms with Gasteiger partial charge in [-0.15, -0.1) is 0 Å². The number of thioether (sulfide) groups is 1. The minimum Gasteiger partial charge on any atom is -0.387 e. The molecule has 0 bridgehead atoms. The van der Waals surface area contributed by atoms with Crippen molar-refractivity contribution in [3.05, 3.63) is 0 Å². The third-order valence-corrected chi connectivity index (χ3v) is 4.54. The van der Waals surface area contributed by atoms with E-state index in [-0.39, 0.29) is 12.6 Å². The molecule has 0 aliphatic carbocycles. The quantitative estimate of drug-likeness (QED) is 0.608. The van der Waals surface area contributed by atoms with E-state index in [0.29, 0.717) is 11.8 Å². The maximum atomic E-state index is 12.7. The lowest BCUT2D eigenvalue weighted by molar-refractivity contribution is -0.161. The first kappa shape index (κ1) is 14.6. The number of rotatable bonds is 3. The van der Waals surface area contributed by atoms with Gasteiger partial charge in [0, 0.05) is 30.1 Å². The highest BCUT2D eigenvalue weighted by Gasteiger charge is 2.44. The minimum absolute atomic E-state index is 0.0814. The van der Waals surface area contributed by atoms with Gasteiger partial charge < -0.3 is 5.73 Å². The van der Waals surface area contributed by atoms with Crippen LogP contribution in [0.3, 0.4) is 0 Å². The molecule has 0 aromatic rings. The first-order chi connectivity index (χ1) is 7.73. The number of nitrogens with one attached hydrogen (secondary N) is 1. The van der Waals surface area contributed by atoms with Crippen LogP contribution >= 0.6 is 11.8 Å². The average molecular weight is 269 g/mol. The Morgan fingerprint density at radius 3 is 2.59 bits per heavy atom. The molecule has 0 radical (unpaired) electrons. The zero-order chi connectivity index (χ0) is 13.2. The summed E-state index contributed by atoms with van der Waals surface area (Å²) in [6, 6.07) is 0.0814. The van der Waals surface area contributed by atoms with Gasteiger partial charge in [0.25, 0.3) is 0 Å². The van der Waals surface area contributed by atoms with Crippen LogP contribution in [0.15, 0.2) is 0 Å². The molecule has 0 aromatic heterocycles. The zero-order valence-electron chi connectivity index (χ0n) is 9.92. The highest BCUT2D eigenvalue weighted by Crippen LogP contribution is 2.30. The Morgan fingerprint density at radius 1 is 1.53 bits per heavy atom. The van der Waals surface area contributed by atoms with E-state index >= 15 is 0 Å². The Kier molecular flexibility index (Phi) is 4.71. The Hall–Kier alpha value is -0.430. The maximum Gasteiger partial charge on any atom is 0.399 e. The van der Waals surface area contributed by atoms with Crippen LogP contribution in [0, 0.1) is 11.3 Å². The normalized spacial score (nSPS) is 29.0. The van der Waals surface area contributed by atoms with Gasteiger partial charge in [-0.05, 0) is 6.92 Å². The summed E-state index contributed by atoms with van der Waals surface area (Å²) in [5.41, 5.74) is 5.05. The fourth-order valence-electron chi connectivity index (χ4n) is 1.87. The number of hydrogen-bond acceptors (Lipinski definition) is 3. The highest BCUT2D eigenvalue weighted by atomic mass is 32.2. The van der Waals surface area contributed by atoms with Crippen molar-refractivity contribution in [2.24, 2.45) is 11.7 Å². The molecule has 3 unspecified atom stereocenters. The van der Waals surface area contributed by atoms with E-state index in [2.05, 4.69) is 0 Å². The van der Waals surface area contributed by atoms with Gasteiger partial charge >= 0.3 is 6.18 Å². The van der Waals surface area contributed by atoms with E-state index in [1.165, 1.54) is 0 Å². The molecular formula is C10H18F3N3S. The maximum absolute atomic E-state index is 12.7. The number of nitrogens with zero attached hydrogens (tertiary/aromatic N) is 1. The summed E-state index contributed by atoms with van der Waals surface area (Å²) in [6.45, 7) is 4.35. The number of amidine groups is 1. The Balaban J connectivity index is 2.70. The predicted molar refractivity (Wildman–Crippen MR) is 64.4 cm³/mol. The van der Waals surface area contributed by atoms with Gasteiger partial charge in [0.05, 0.1) is 0 Å². The first-order valence-corrected chi connectivity index (χ1v) is 6.54. The summed E-state index contributed by atoms with van der Waals surface area (Å²) < 4.78 is 38.1. The van der Waals surface area contributed by atoms with E-state index < -0.39 is 17.9 Å². The molecule has 0 amide bonds. The summed E-state index contributed by atoms with van der Waals surface area (Å²) in [5.74, 6) is -1.82. The second-order valence-corrected chi connectivity index (χ2v) is 5.85. The average Bonchev–Trinajstić information content (AvgIpc) is 2.17. The molecule has 0 spiro atoms. The highest BCUT2D eigenvalue weighted by molar-refractivity contribution is 8.00. The fraction of sp³-hybridized carbons (Fsp3) is 0.900. The van der Waals surface area contributed by atoms with Gasteiger partial charge in [0.1, 0.15) is 11.8 Å². The lowest BCUT2D eigenvalue weighted by Gasteiger charge is -2.39. The van der Waals surface area contributed by atoms with Crippen molar-refractivity contribution in [1.82, 2.24) is 4.90 Å². The standard InChI is InChI=1S/C10H18F3N3S/c1-6-7(2)17-4-3-16(6)5-8(9(14)15)10(11,12)13/h6-8H,3-5H2,1-2H3,(H3,14,15). The van der Waals surface area contributed by atoms with Crippen LogP contribution in [-0.2, 0) is 0 Å². The van der Waals surface area contributed by atoms with E-state index in [4.69, 9.17) is 11.1 Å². The smallest absolute Gasteiger partial charge is 0.387 e. The topological polar surface area (TPSA) is 53.1 Å². The monoisotopic (exact) mass is 269 g/mol. The van der Waals surface area contributed by atoms with Crippen molar-refractivity contribution < 1.29 is 13.2 Å². The van der Waals surface area contributed by atoms with Crippen LogP contribution in [0.5, 0.6) is 0 Å². The van der Waals surface area contributed by atoms with Crippen LogP contribution in [0.4, 0.5) is 13.2 Å². The van der Waals surface area contributed by atoms with Crippen LogP contribution in [0.2, 0.25) is 0 Å². The lowest BCUT2D eigenvalue weighted by atomic mass is 10.1. The summed E-state index contributed by atoms with van der Waals surface area (Å²) in [7, 11) is 0. The van der Waals surface area contributed by atoms with Gasteiger partial charge in [0.2, 0.25) is 0 Å². The van der Waals surface area contributed by atoms with Gasteiger partial charge in [-0.1, -0.05) is 6.92 Å². The molecule has 1 rings (SSSR count). The minimum atomic E-state index is -4.43. The Morgan fingerprint density at radius 2 is 2.12 bits per heavy atom. The molecule has 0 aromatic carbocycles. The molecule has 17 heavy (non-hydrogen) atoms. The van der Waals surface area contributed by atoms with E-state index in [1.807, 2.05) is 13.8 Å². The van der Waals surface area contributed by atoms with Crippen LogP contribution in [0.25, 0.3) is 0 Å². The third kappa shape index (κ3) is 3.77. The summed E-state index contributed by atoms with van der Waals surface area (Å²) in [5, 5.41) is 7.38. The third-order valence-electron chi connectivity index (χ3n) is 3.20. The summed E-state index contributed by atoms with van der Waals surface area (Å²) >= 11 is 1.77. The molecule has 3 nitrogen and oxygen atoms in total.